The Kier molecular flexibility index (Phi) is 9.14. The molecule has 38 heavy (non-hydrogen) atoms. The summed E-state index contributed by atoms with van der Waals surface area (Å²) in [5.41, 5.74) is 7.20. The van der Waals surface area contributed by atoms with Gasteiger partial charge in [-0.05, 0) is 53.8 Å². The van der Waals surface area contributed by atoms with E-state index in [1.54, 1.807) is 7.05 Å². The van der Waals surface area contributed by atoms with Crippen molar-refractivity contribution in [2.45, 2.75) is 38.1 Å². The van der Waals surface area contributed by atoms with Crippen LogP contribution in [0.4, 0.5) is 5.82 Å². The highest BCUT2D eigenvalue weighted by atomic mass is 35.5. The molecule has 4 rings (SSSR count). The third kappa shape index (κ3) is 6.40. The van der Waals surface area contributed by atoms with Crippen molar-refractivity contribution in [2.24, 2.45) is 0 Å². The SMILES string of the molecule is CN(O)NC1CCCN(c2ccc(-c3ccc(C(C)(C)c4cc(Cl)c(OCCCl)c(C#N)c4)cc3)cn2)C1. The van der Waals surface area contributed by atoms with E-state index >= 15 is 0 Å². The topological polar surface area (TPSA) is 84.6 Å². The molecule has 1 aliphatic heterocycles. The van der Waals surface area contributed by atoms with E-state index in [9.17, 15) is 10.5 Å². The van der Waals surface area contributed by atoms with Gasteiger partial charge in [0.1, 0.15) is 18.5 Å². The van der Waals surface area contributed by atoms with E-state index in [1.165, 1.54) is 0 Å². The first kappa shape index (κ1) is 28.2. The van der Waals surface area contributed by atoms with Gasteiger partial charge in [-0.1, -0.05) is 49.7 Å². The second-order valence-electron chi connectivity index (χ2n) is 10.0. The largest absolute Gasteiger partial charge is 0.489 e. The third-order valence-electron chi connectivity index (χ3n) is 7.01. The van der Waals surface area contributed by atoms with Crippen LogP contribution in [0.5, 0.6) is 5.75 Å². The molecule has 9 heteroatoms. The summed E-state index contributed by atoms with van der Waals surface area (Å²) in [6.45, 7) is 6.24. The van der Waals surface area contributed by atoms with Crippen molar-refractivity contribution in [3.8, 4) is 22.9 Å². The number of halogens is 2. The number of nitrogens with zero attached hydrogens (tertiary/aromatic N) is 4. The van der Waals surface area contributed by atoms with Crippen molar-refractivity contribution < 1.29 is 9.94 Å². The van der Waals surface area contributed by atoms with Crippen molar-refractivity contribution in [3.63, 3.8) is 0 Å². The predicted octanol–water partition coefficient (Wildman–Crippen LogP) is 6.01. The summed E-state index contributed by atoms with van der Waals surface area (Å²) in [6.07, 6.45) is 3.96. The van der Waals surface area contributed by atoms with Crippen molar-refractivity contribution in [1.29, 1.82) is 5.26 Å². The summed E-state index contributed by atoms with van der Waals surface area (Å²) in [7, 11) is 1.59. The Bertz CT molecular complexity index is 1270. The summed E-state index contributed by atoms with van der Waals surface area (Å²) in [5.74, 6) is 1.62. The van der Waals surface area contributed by atoms with Crippen molar-refractivity contribution in [1.82, 2.24) is 15.6 Å². The molecule has 1 unspecified atom stereocenters. The summed E-state index contributed by atoms with van der Waals surface area (Å²) in [6, 6.07) is 18.6. The van der Waals surface area contributed by atoms with Gasteiger partial charge in [-0.15, -0.1) is 16.8 Å². The molecular weight excluding hydrogens is 521 g/mol. The van der Waals surface area contributed by atoms with Crippen LogP contribution in [0.25, 0.3) is 11.1 Å². The maximum Gasteiger partial charge on any atom is 0.155 e. The number of piperidine rings is 1. The van der Waals surface area contributed by atoms with Gasteiger partial charge in [0, 0.05) is 43.4 Å². The molecule has 3 aromatic rings. The molecular formula is C29H33Cl2N5O2. The van der Waals surface area contributed by atoms with Crippen LogP contribution in [0.15, 0.2) is 54.7 Å². The Morgan fingerprint density at radius 2 is 1.92 bits per heavy atom. The maximum absolute atomic E-state index is 9.67. The molecule has 200 valence electrons. The average molecular weight is 555 g/mol. The molecule has 7 nitrogen and oxygen atoms in total. The van der Waals surface area contributed by atoms with Gasteiger partial charge in [0.2, 0.25) is 0 Å². The van der Waals surface area contributed by atoms with Gasteiger partial charge in [0.05, 0.1) is 16.5 Å². The van der Waals surface area contributed by atoms with Gasteiger partial charge in [-0.2, -0.15) is 5.26 Å². The Balaban J connectivity index is 1.51. The van der Waals surface area contributed by atoms with Gasteiger partial charge in [0.25, 0.3) is 0 Å². The molecule has 0 saturated carbocycles. The zero-order valence-electron chi connectivity index (χ0n) is 21.9. The number of anilines is 1. The van der Waals surface area contributed by atoms with Crippen LogP contribution in [-0.4, -0.2) is 54.0 Å². The highest BCUT2D eigenvalue weighted by Gasteiger charge is 2.26. The lowest BCUT2D eigenvalue weighted by molar-refractivity contribution is -0.123. The third-order valence-corrected chi connectivity index (χ3v) is 7.45. The monoisotopic (exact) mass is 553 g/mol. The fourth-order valence-electron chi connectivity index (χ4n) is 4.87. The number of benzene rings is 2. The van der Waals surface area contributed by atoms with E-state index in [0.717, 1.165) is 59.2 Å². The lowest BCUT2D eigenvalue weighted by Crippen LogP contribution is -2.50. The zero-order valence-corrected chi connectivity index (χ0v) is 23.4. The Morgan fingerprint density at radius 1 is 1.18 bits per heavy atom. The number of hydrazine groups is 1. The number of rotatable bonds is 9. The molecule has 0 amide bonds. The molecule has 2 heterocycles. The second-order valence-corrected chi connectivity index (χ2v) is 10.8. The standard InChI is InChI=1S/C29H33Cl2N5O2/c1-29(2,24-15-22(17-32)28(26(31)16-24)38-14-12-30)23-9-6-20(7-10-23)21-8-11-27(33-18-21)36-13-4-5-25(19-36)34-35(3)37/h6-11,15-16,18,25,34,37H,4-5,12-14,19H2,1-3H3. The number of alkyl halides is 1. The fraction of sp³-hybridized carbons (Fsp3) is 0.379. The molecule has 0 bridgehead atoms. The van der Waals surface area contributed by atoms with Crippen LogP contribution < -0.4 is 15.1 Å². The highest BCUT2D eigenvalue weighted by Crippen LogP contribution is 2.38. The fourth-order valence-corrected chi connectivity index (χ4v) is 5.22. The van der Waals surface area contributed by atoms with E-state index in [1.807, 2.05) is 18.3 Å². The number of nitriles is 1. The summed E-state index contributed by atoms with van der Waals surface area (Å²) in [4.78, 5) is 6.97. The quantitative estimate of drug-likeness (QED) is 0.248. The molecule has 2 aromatic carbocycles. The van der Waals surface area contributed by atoms with Crippen LogP contribution in [0, 0.1) is 11.3 Å². The molecule has 2 N–H and O–H groups in total. The minimum atomic E-state index is -0.387. The number of aromatic nitrogens is 1. The number of ether oxygens (including phenoxy) is 1. The molecule has 0 aliphatic carbocycles. The van der Waals surface area contributed by atoms with Gasteiger partial charge < -0.3 is 9.64 Å². The first-order valence-corrected chi connectivity index (χ1v) is 13.6. The zero-order chi connectivity index (χ0) is 27.3. The highest BCUT2D eigenvalue weighted by molar-refractivity contribution is 6.32. The summed E-state index contributed by atoms with van der Waals surface area (Å²) in [5, 5.41) is 20.6. The second kappa shape index (κ2) is 12.3. The van der Waals surface area contributed by atoms with E-state index in [-0.39, 0.29) is 18.1 Å². The lowest BCUT2D eigenvalue weighted by Gasteiger charge is -2.34. The minimum absolute atomic E-state index is 0.185. The van der Waals surface area contributed by atoms with Crippen LogP contribution in [0.3, 0.4) is 0 Å². The van der Waals surface area contributed by atoms with Crippen LogP contribution in [-0.2, 0) is 5.41 Å². The first-order valence-electron chi connectivity index (χ1n) is 12.7. The summed E-state index contributed by atoms with van der Waals surface area (Å²) < 4.78 is 5.60. The van der Waals surface area contributed by atoms with E-state index in [0.29, 0.717) is 22.2 Å². The van der Waals surface area contributed by atoms with Gasteiger partial charge in [-0.3, -0.25) is 5.21 Å². The Hall–Kier alpha value is -2.86. The number of hydrogen-bond donors (Lipinski definition) is 2. The number of nitrogens with one attached hydrogen (secondary N) is 1. The number of hydrogen-bond acceptors (Lipinski definition) is 7. The van der Waals surface area contributed by atoms with E-state index in [2.05, 4.69) is 66.6 Å². The number of pyridine rings is 1. The van der Waals surface area contributed by atoms with Crippen LogP contribution in [0.2, 0.25) is 5.02 Å². The van der Waals surface area contributed by atoms with Crippen molar-refractivity contribution >= 4 is 29.0 Å². The Morgan fingerprint density at radius 3 is 2.55 bits per heavy atom. The normalized spacial score (nSPS) is 15.9. The molecule has 1 atom stereocenters. The lowest BCUT2D eigenvalue weighted by atomic mass is 9.77. The molecule has 1 aromatic heterocycles. The molecule has 0 radical (unpaired) electrons. The molecule has 0 spiro atoms. The van der Waals surface area contributed by atoms with Gasteiger partial charge >= 0.3 is 0 Å². The average Bonchev–Trinajstić information content (AvgIpc) is 2.92. The first-order chi connectivity index (χ1) is 18.2. The summed E-state index contributed by atoms with van der Waals surface area (Å²) >= 11 is 12.2. The molecule has 1 saturated heterocycles. The van der Waals surface area contributed by atoms with Crippen LogP contribution >= 0.6 is 23.2 Å². The minimum Gasteiger partial charge on any atom is -0.489 e. The molecule has 1 aliphatic rings. The van der Waals surface area contributed by atoms with E-state index < -0.39 is 0 Å². The van der Waals surface area contributed by atoms with E-state index in [4.69, 9.17) is 32.9 Å². The maximum atomic E-state index is 9.67. The van der Waals surface area contributed by atoms with Crippen LogP contribution in [0.1, 0.15) is 43.4 Å². The van der Waals surface area contributed by atoms with Crippen molar-refractivity contribution in [2.75, 3.05) is 37.5 Å². The van der Waals surface area contributed by atoms with Gasteiger partial charge in [-0.25, -0.2) is 10.4 Å². The van der Waals surface area contributed by atoms with Gasteiger partial charge in [0.15, 0.2) is 5.75 Å². The smallest absolute Gasteiger partial charge is 0.155 e. The predicted molar refractivity (Wildman–Crippen MR) is 152 cm³/mol. The van der Waals surface area contributed by atoms with Crippen molar-refractivity contribution in [3.05, 3.63) is 76.4 Å². The number of hydroxylamine groups is 1. The Labute approximate surface area is 234 Å². The molecule has 1 fully saturated rings.